The minimum absolute atomic E-state index is 0.0911. The molecule has 0 aromatic carbocycles. The lowest BCUT2D eigenvalue weighted by atomic mass is 9.89. The summed E-state index contributed by atoms with van der Waals surface area (Å²) in [6.07, 6.45) is 10.3. The molecular formula is C16H33O4P2+. The summed E-state index contributed by atoms with van der Waals surface area (Å²) in [5, 5.41) is 0. The maximum absolute atomic E-state index is 12.2. The van der Waals surface area contributed by atoms with Crippen LogP contribution in [0.5, 0.6) is 0 Å². The van der Waals surface area contributed by atoms with Crippen LogP contribution in [0.15, 0.2) is 0 Å². The zero-order valence-electron chi connectivity index (χ0n) is 14.4. The van der Waals surface area contributed by atoms with Crippen LogP contribution in [0, 0.1) is 5.92 Å². The number of phosphoric ester groups is 1. The Morgan fingerprint density at radius 1 is 0.909 bits per heavy atom. The Morgan fingerprint density at radius 2 is 1.41 bits per heavy atom. The van der Waals surface area contributed by atoms with Crippen molar-refractivity contribution in [3.05, 3.63) is 0 Å². The van der Waals surface area contributed by atoms with E-state index < -0.39 is 15.1 Å². The summed E-state index contributed by atoms with van der Waals surface area (Å²) in [7, 11) is -4.62. The topological polar surface area (TPSA) is 55.8 Å². The van der Waals surface area contributed by atoms with Gasteiger partial charge in [-0.15, -0.1) is 0 Å². The number of hydrogen-bond donors (Lipinski definition) is 1. The maximum Gasteiger partial charge on any atom is 0.472 e. The summed E-state index contributed by atoms with van der Waals surface area (Å²) in [5.74, 6) is 0.769. The molecule has 2 rings (SSSR count). The van der Waals surface area contributed by atoms with Gasteiger partial charge in [0, 0.05) is 27.3 Å². The van der Waals surface area contributed by atoms with Crippen LogP contribution in [0.25, 0.3) is 0 Å². The lowest BCUT2D eigenvalue weighted by Gasteiger charge is -2.31. The molecule has 0 amide bonds. The van der Waals surface area contributed by atoms with Crippen molar-refractivity contribution in [3.63, 3.8) is 0 Å². The fourth-order valence-electron chi connectivity index (χ4n) is 3.77. The van der Waals surface area contributed by atoms with Gasteiger partial charge in [-0.25, -0.2) is 4.57 Å². The molecule has 1 unspecified atom stereocenters. The number of hydrogen-bond acceptors (Lipinski definition) is 3. The molecule has 0 radical (unpaired) electrons. The van der Waals surface area contributed by atoms with Crippen molar-refractivity contribution in [1.29, 1.82) is 0 Å². The molecule has 1 N–H and O–H groups in total. The molecule has 6 heteroatoms. The van der Waals surface area contributed by atoms with Gasteiger partial charge in [-0.1, -0.05) is 19.3 Å². The second kappa shape index (κ2) is 8.08. The van der Waals surface area contributed by atoms with Crippen molar-refractivity contribution < 1.29 is 18.5 Å². The molecule has 22 heavy (non-hydrogen) atoms. The van der Waals surface area contributed by atoms with E-state index >= 15 is 0 Å². The first-order valence-electron chi connectivity index (χ1n) is 8.73. The van der Waals surface area contributed by atoms with E-state index in [0.717, 1.165) is 57.3 Å². The van der Waals surface area contributed by atoms with Crippen LogP contribution in [-0.2, 0) is 13.6 Å². The molecule has 2 aliphatic carbocycles. The average Bonchev–Trinajstić information content (AvgIpc) is 2.39. The summed E-state index contributed by atoms with van der Waals surface area (Å²) in [4.78, 5) is 9.99. The third-order valence-electron chi connectivity index (χ3n) is 4.72. The molecule has 0 aromatic rings. The highest BCUT2D eigenvalue weighted by Gasteiger charge is 2.34. The van der Waals surface area contributed by atoms with Crippen molar-refractivity contribution in [1.82, 2.24) is 0 Å². The van der Waals surface area contributed by atoms with E-state index in [1.807, 2.05) is 0 Å². The van der Waals surface area contributed by atoms with Gasteiger partial charge < -0.3 is 4.89 Å². The first kappa shape index (κ1) is 18.9. The smallest absolute Gasteiger partial charge is 0.302 e. The van der Waals surface area contributed by atoms with E-state index in [1.54, 1.807) is 0 Å². The monoisotopic (exact) mass is 351 g/mol. The Labute approximate surface area is 136 Å². The molecule has 0 aliphatic heterocycles. The van der Waals surface area contributed by atoms with E-state index in [9.17, 15) is 9.46 Å². The van der Waals surface area contributed by atoms with Gasteiger partial charge in [-0.3, -0.25) is 9.05 Å². The highest BCUT2D eigenvalue weighted by atomic mass is 31.2. The highest BCUT2D eigenvalue weighted by Crippen LogP contribution is 2.52. The Balaban J connectivity index is 1.73. The van der Waals surface area contributed by atoms with Crippen molar-refractivity contribution in [3.8, 4) is 0 Å². The quantitative estimate of drug-likeness (QED) is 0.690. The fraction of sp³-hybridized carbons (Fsp3) is 1.00. The minimum Gasteiger partial charge on any atom is -0.302 e. The van der Waals surface area contributed by atoms with Crippen LogP contribution in [0.2, 0.25) is 0 Å². The minimum atomic E-state index is -3.88. The van der Waals surface area contributed by atoms with Crippen molar-refractivity contribution in [2.75, 3.05) is 26.2 Å². The van der Waals surface area contributed by atoms with Crippen LogP contribution in [0.4, 0.5) is 0 Å². The van der Waals surface area contributed by atoms with Gasteiger partial charge in [0.25, 0.3) is 0 Å². The Morgan fingerprint density at radius 3 is 1.91 bits per heavy atom. The van der Waals surface area contributed by atoms with E-state index in [1.165, 1.54) is 12.6 Å². The van der Waals surface area contributed by atoms with Crippen LogP contribution >= 0.6 is 15.1 Å². The van der Waals surface area contributed by atoms with Crippen LogP contribution in [-0.4, -0.2) is 43.3 Å². The fourth-order valence-corrected chi connectivity index (χ4v) is 6.91. The summed E-state index contributed by atoms with van der Waals surface area (Å²) in [6, 6.07) is 0. The van der Waals surface area contributed by atoms with Crippen molar-refractivity contribution in [2.45, 2.75) is 70.0 Å². The first-order chi connectivity index (χ1) is 10.2. The van der Waals surface area contributed by atoms with E-state index in [4.69, 9.17) is 9.05 Å². The van der Waals surface area contributed by atoms with Crippen LogP contribution < -0.4 is 0 Å². The first-order valence-corrected chi connectivity index (χ1v) is 13.5. The predicted molar refractivity (Wildman–Crippen MR) is 94.2 cm³/mol. The Hall–Kier alpha value is 0.540. The Bertz CT molecular complexity index is 380. The zero-order valence-corrected chi connectivity index (χ0v) is 16.2. The van der Waals surface area contributed by atoms with Crippen LogP contribution in [0.3, 0.4) is 0 Å². The van der Waals surface area contributed by atoms with Crippen LogP contribution in [0.1, 0.15) is 57.8 Å². The SMILES string of the molecule is C[P+](C)(C)CC1CCC(OP(=O)(O)OC2CCCCC2)CC1. The Kier molecular flexibility index (Phi) is 6.93. The second-order valence-corrected chi connectivity index (χ2v) is 14.4. The van der Waals surface area contributed by atoms with E-state index in [2.05, 4.69) is 20.0 Å². The second-order valence-electron chi connectivity index (χ2n) is 8.06. The number of rotatable bonds is 6. The lowest BCUT2D eigenvalue weighted by Crippen LogP contribution is -2.24. The summed E-state index contributed by atoms with van der Waals surface area (Å²) in [6.45, 7) is 7.15. The highest BCUT2D eigenvalue weighted by molar-refractivity contribution is 7.73. The summed E-state index contributed by atoms with van der Waals surface area (Å²) in [5.41, 5.74) is 0. The third-order valence-corrected chi connectivity index (χ3v) is 7.46. The lowest BCUT2D eigenvalue weighted by molar-refractivity contribution is 0.0428. The zero-order chi connectivity index (χ0) is 16.2. The molecule has 0 aromatic heterocycles. The van der Waals surface area contributed by atoms with Gasteiger partial charge in [0.15, 0.2) is 0 Å². The van der Waals surface area contributed by atoms with Gasteiger partial charge in [0.1, 0.15) is 0 Å². The van der Waals surface area contributed by atoms with Crippen molar-refractivity contribution in [2.24, 2.45) is 5.92 Å². The molecule has 1 atom stereocenters. The normalized spacial score (nSPS) is 30.9. The van der Waals surface area contributed by atoms with Gasteiger partial charge in [-0.2, -0.15) is 0 Å². The molecule has 4 nitrogen and oxygen atoms in total. The molecule has 0 bridgehead atoms. The largest absolute Gasteiger partial charge is 0.472 e. The third kappa shape index (κ3) is 6.97. The molecule has 0 heterocycles. The average molecular weight is 351 g/mol. The van der Waals surface area contributed by atoms with Gasteiger partial charge in [0.05, 0.1) is 18.4 Å². The summed E-state index contributed by atoms with van der Waals surface area (Å²) >= 11 is 0. The number of phosphoric acid groups is 1. The molecular weight excluding hydrogens is 318 g/mol. The molecule has 0 saturated heterocycles. The standard InChI is InChI=1S/C16H32O4P2/c1-21(2,3)13-14-9-11-16(12-10-14)20-22(17,18)19-15-7-5-4-6-8-15/h14-16H,4-13H2,1-3H3/p+1. The van der Waals surface area contributed by atoms with E-state index in [-0.39, 0.29) is 12.2 Å². The van der Waals surface area contributed by atoms with Gasteiger partial charge >= 0.3 is 7.82 Å². The molecule has 2 fully saturated rings. The molecule has 2 aliphatic rings. The predicted octanol–water partition coefficient (Wildman–Crippen LogP) is 4.92. The summed E-state index contributed by atoms with van der Waals surface area (Å²) < 4.78 is 23.0. The van der Waals surface area contributed by atoms with Crippen molar-refractivity contribution >= 4 is 15.1 Å². The molecule has 130 valence electrons. The van der Waals surface area contributed by atoms with Gasteiger partial charge in [-0.05, 0) is 44.4 Å². The molecule has 2 saturated carbocycles. The maximum atomic E-state index is 12.2. The molecule has 0 spiro atoms. The van der Waals surface area contributed by atoms with Gasteiger partial charge in [0.2, 0.25) is 0 Å². The van der Waals surface area contributed by atoms with E-state index in [0.29, 0.717) is 0 Å².